The number of nitrogens with one attached hydrogen (secondary N) is 2. The molecular formula is C26H32N4O4. The highest BCUT2D eigenvalue weighted by molar-refractivity contribution is 5.93. The number of morpholine rings is 1. The number of hydrogen-bond donors (Lipinski definition) is 2. The minimum absolute atomic E-state index is 0.0418. The summed E-state index contributed by atoms with van der Waals surface area (Å²) in [6.07, 6.45) is 7.38. The molecule has 2 N–H and O–H groups in total. The highest BCUT2D eigenvalue weighted by Gasteiger charge is 2.66. The lowest BCUT2D eigenvalue weighted by Crippen LogP contribution is -2.45. The van der Waals surface area contributed by atoms with Crippen LogP contribution in [0, 0.1) is 11.8 Å². The Kier molecular flexibility index (Phi) is 5.67. The van der Waals surface area contributed by atoms with Gasteiger partial charge in [-0.05, 0) is 31.0 Å². The molecule has 4 aliphatic rings. The molecule has 6 rings (SSSR count). The highest BCUT2D eigenvalue weighted by Crippen LogP contribution is 2.51. The van der Waals surface area contributed by atoms with Crippen molar-refractivity contribution in [1.82, 2.24) is 20.1 Å². The quantitative estimate of drug-likeness (QED) is 0.455. The van der Waals surface area contributed by atoms with Gasteiger partial charge in [-0.25, -0.2) is 0 Å². The second-order valence-electron chi connectivity index (χ2n) is 9.87. The molecule has 3 fully saturated rings. The first-order chi connectivity index (χ1) is 16.6. The monoisotopic (exact) mass is 464 g/mol. The molecular weight excluding hydrogens is 432 g/mol. The lowest BCUT2D eigenvalue weighted by Gasteiger charge is -2.27. The fourth-order valence-corrected chi connectivity index (χ4v) is 6.12. The molecule has 0 aliphatic carbocycles. The van der Waals surface area contributed by atoms with Gasteiger partial charge in [0.15, 0.2) is 0 Å². The Morgan fingerprint density at radius 1 is 1.21 bits per heavy atom. The van der Waals surface area contributed by atoms with Crippen LogP contribution < -0.4 is 5.32 Å². The van der Waals surface area contributed by atoms with Crippen molar-refractivity contribution < 1.29 is 19.1 Å². The van der Waals surface area contributed by atoms with E-state index in [1.165, 1.54) is 10.9 Å². The van der Waals surface area contributed by atoms with Gasteiger partial charge in [0.25, 0.3) is 0 Å². The van der Waals surface area contributed by atoms with Crippen LogP contribution in [-0.2, 0) is 25.5 Å². The second kappa shape index (κ2) is 8.83. The maximum absolute atomic E-state index is 13.5. The Bertz CT molecular complexity index is 1110. The van der Waals surface area contributed by atoms with E-state index in [0.717, 1.165) is 51.2 Å². The lowest BCUT2D eigenvalue weighted by atomic mass is 9.77. The van der Waals surface area contributed by atoms with Gasteiger partial charge in [0.2, 0.25) is 11.8 Å². The summed E-state index contributed by atoms with van der Waals surface area (Å²) in [4.78, 5) is 34.1. The van der Waals surface area contributed by atoms with Crippen molar-refractivity contribution in [2.24, 2.45) is 11.8 Å². The van der Waals surface area contributed by atoms with Crippen LogP contribution in [0.2, 0.25) is 0 Å². The fourth-order valence-electron chi connectivity index (χ4n) is 6.12. The number of hydrogen-bond acceptors (Lipinski definition) is 5. The number of H-pyrrole nitrogens is 1. The zero-order valence-electron chi connectivity index (χ0n) is 19.4. The van der Waals surface area contributed by atoms with E-state index in [4.69, 9.17) is 9.47 Å². The van der Waals surface area contributed by atoms with E-state index >= 15 is 0 Å². The number of likely N-dealkylation sites (tertiary alicyclic amines) is 1. The third-order valence-corrected chi connectivity index (χ3v) is 7.86. The third-order valence-electron chi connectivity index (χ3n) is 7.86. The molecule has 34 heavy (non-hydrogen) atoms. The number of ether oxygens (including phenoxy) is 2. The minimum atomic E-state index is -0.655. The van der Waals surface area contributed by atoms with Crippen molar-refractivity contribution in [3.05, 3.63) is 48.2 Å². The first-order valence-corrected chi connectivity index (χ1v) is 12.4. The van der Waals surface area contributed by atoms with Crippen molar-refractivity contribution in [2.75, 3.05) is 52.5 Å². The maximum atomic E-state index is 13.5. The standard InChI is InChI=1S/C26H32N4O4/c31-24(27-9-3-10-29-12-14-33-15-13-29)22-21-6-8-26(34-21)17-30(25(32)23(22)26)11-7-18-16-28-20-5-2-1-4-19(18)20/h1-2,4-6,8,16,21-23,28H,3,7,9-15,17H2,(H,27,31)/t21-,22+,23+,26+/m0/s1. The smallest absolute Gasteiger partial charge is 0.230 e. The number of benzene rings is 1. The van der Waals surface area contributed by atoms with Gasteiger partial charge >= 0.3 is 0 Å². The van der Waals surface area contributed by atoms with Gasteiger partial charge in [0.05, 0.1) is 37.7 Å². The van der Waals surface area contributed by atoms with Crippen LogP contribution in [0.3, 0.4) is 0 Å². The number of carbonyl (C=O) groups excluding carboxylic acids is 2. The fraction of sp³-hybridized carbons (Fsp3) is 0.538. The molecule has 1 spiro atoms. The van der Waals surface area contributed by atoms with Crippen LogP contribution in [-0.4, -0.2) is 90.8 Å². The molecule has 8 heteroatoms. The summed E-state index contributed by atoms with van der Waals surface area (Å²) in [5.41, 5.74) is 1.65. The first kappa shape index (κ1) is 21.8. The molecule has 0 radical (unpaired) electrons. The van der Waals surface area contributed by atoms with Gasteiger partial charge in [-0.15, -0.1) is 0 Å². The average molecular weight is 465 g/mol. The Hall–Kier alpha value is -2.68. The van der Waals surface area contributed by atoms with Crippen LogP contribution in [0.25, 0.3) is 10.9 Å². The number of aromatic amines is 1. The van der Waals surface area contributed by atoms with Crippen LogP contribution in [0.1, 0.15) is 12.0 Å². The number of carbonyl (C=O) groups is 2. The molecule has 3 saturated heterocycles. The highest BCUT2D eigenvalue weighted by atomic mass is 16.5. The van der Waals surface area contributed by atoms with Crippen molar-refractivity contribution in [3.63, 3.8) is 0 Å². The Morgan fingerprint density at radius 3 is 2.94 bits per heavy atom. The van der Waals surface area contributed by atoms with E-state index in [-0.39, 0.29) is 17.9 Å². The number of aromatic nitrogens is 1. The summed E-state index contributed by atoms with van der Waals surface area (Å²) in [5, 5.41) is 4.28. The second-order valence-corrected chi connectivity index (χ2v) is 9.87. The van der Waals surface area contributed by atoms with Gasteiger partial charge in [-0.1, -0.05) is 30.4 Å². The zero-order chi connectivity index (χ0) is 23.1. The Labute approximate surface area is 199 Å². The molecule has 4 aliphatic heterocycles. The molecule has 2 bridgehead atoms. The Morgan fingerprint density at radius 2 is 2.06 bits per heavy atom. The minimum Gasteiger partial charge on any atom is -0.379 e. The van der Waals surface area contributed by atoms with E-state index in [1.807, 2.05) is 35.4 Å². The number of para-hydroxylation sites is 1. The molecule has 180 valence electrons. The van der Waals surface area contributed by atoms with Crippen molar-refractivity contribution in [3.8, 4) is 0 Å². The summed E-state index contributed by atoms with van der Waals surface area (Å²) < 4.78 is 11.7. The van der Waals surface area contributed by atoms with Gasteiger partial charge < -0.3 is 24.7 Å². The summed E-state index contributed by atoms with van der Waals surface area (Å²) in [7, 11) is 0. The van der Waals surface area contributed by atoms with E-state index < -0.39 is 17.4 Å². The first-order valence-electron chi connectivity index (χ1n) is 12.4. The van der Waals surface area contributed by atoms with E-state index in [1.54, 1.807) is 0 Å². The molecule has 1 aromatic carbocycles. The van der Waals surface area contributed by atoms with Crippen molar-refractivity contribution >= 4 is 22.7 Å². The molecule has 0 unspecified atom stereocenters. The third kappa shape index (κ3) is 3.74. The number of nitrogens with zero attached hydrogens (tertiary/aromatic N) is 2. The van der Waals surface area contributed by atoms with E-state index in [2.05, 4.69) is 27.3 Å². The largest absolute Gasteiger partial charge is 0.379 e. The number of fused-ring (bicyclic) bond motifs is 2. The predicted octanol–water partition coefficient (Wildman–Crippen LogP) is 1.33. The van der Waals surface area contributed by atoms with E-state index in [9.17, 15) is 9.59 Å². The molecule has 0 saturated carbocycles. The zero-order valence-corrected chi connectivity index (χ0v) is 19.4. The number of rotatable bonds is 8. The van der Waals surface area contributed by atoms with Gasteiger partial charge in [-0.3, -0.25) is 14.5 Å². The van der Waals surface area contributed by atoms with Gasteiger partial charge in [0, 0.05) is 43.3 Å². The summed E-state index contributed by atoms with van der Waals surface area (Å²) in [5.74, 6) is -0.890. The lowest BCUT2D eigenvalue weighted by molar-refractivity contribution is -0.137. The normalized spacial score (nSPS) is 30.4. The number of amides is 2. The molecule has 2 aromatic rings. The molecule has 2 amide bonds. The van der Waals surface area contributed by atoms with E-state index in [0.29, 0.717) is 19.6 Å². The molecule has 8 nitrogen and oxygen atoms in total. The summed E-state index contributed by atoms with van der Waals surface area (Å²) in [6, 6.07) is 8.21. The molecule has 4 atom stereocenters. The van der Waals surface area contributed by atoms with Gasteiger partial charge in [-0.2, -0.15) is 0 Å². The van der Waals surface area contributed by atoms with Gasteiger partial charge in [0.1, 0.15) is 5.60 Å². The molecule has 1 aromatic heterocycles. The predicted molar refractivity (Wildman–Crippen MR) is 127 cm³/mol. The average Bonchev–Trinajstić information content (AvgIpc) is 3.61. The van der Waals surface area contributed by atoms with Crippen LogP contribution in [0.5, 0.6) is 0 Å². The van der Waals surface area contributed by atoms with Crippen molar-refractivity contribution in [1.29, 1.82) is 0 Å². The van der Waals surface area contributed by atoms with Crippen LogP contribution >= 0.6 is 0 Å². The van der Waals surface area contributed by atoms with Crippen LogP contribution in [0.4, 0.5) is 0 Å². The summed E-state index contributed by atoms with van der Waals surface area (Å²) in [6.45, 7) is 6.16. The molecule has 5 heterocycles. The SMILES string of the molecule is O=C(NCCCN1CCOCC1)[C@@H]1[C@@H]2C=C[C@]3(CN(CCc4c[nH]c5ccccc45)C(=O)[C@@H]13)O2. The topological polar surface area (TPSA) is 86.9 Å². The Balaban J connectivity index is 1.07. The van der Waals surface area contributed by atoms with Crippen molar-refractivity contribution in [2.45, 2.75) is 24.5 Å². The van der Waals surface area contributed by atoms with Crippen LogP contribution in [0.15, 0.2) is 42.6 Å². The summed E-state index contributed by atoms with van der Waals surface area (Å²) >= 11 is 0. The maximum Gasteiger partial charge on any atom is 0.230 e.